The number of aryl methyl sites for hydroxylation is 1. The molecule has 0 atom stereocenters. The van der Waals surface area contributed by atoms with Gasteiger partial charge in [-0.05, 0) is 36.8 Å². The molecular formula is C19H16ClN3O5. The monoisotopic (exact) mass is 401 g/mol. The molecule has 0 spiro atoms. The van der Waals surface area contributed by atoms with Crippen LogP contribution in [0.25, 0.3) is 11.5 Å². The fraction of sp³-hybridized carbons (Fsp3) is 0.158. The minimum Gasteiger partial charge on any atom is -0.480 e. The second-order valence-corrected chi connectivity index (χ2v) is 6.12. The third-order valence-corrected chi connectivity index (χ3v) is 3.80. The van der Waals surface area contributed by atoms with Crippen molar-refractivity contribution in [1.82, 2.24) is 10.2 Å². The van der Waals surface area contributed by atoms with Crippen molar-refractivity contribution >= 4 is 29.5 Å². The Morgan fingerprint density at radius 1 is 1.11 bits per heavy atom. The average molecular weight is 402 g/mol. The predicted molar refractivity (Wildman–Crippen MR) is 101 cm³/mol. The van der Waals surface area contributed by atoms with Crippen LogP contribution < -0.4 is 10.1 Å². The summed E-state index contributed by atoms with van der Waals surface area (Å²) in [6.07, 6.45) is 0. The van der Waals surface area contributed by atoms with Crippen LogP contribution in [0.15, 0.2) is 52.9 Å². The number of anilines is 1. The molecule has 0 radical (unpaired) electrons. The van der Waals surface area contributed by atoms with Gasteiger partial charge in [0.05, 0.1) is 5.02 Å². The van der Waals surface area contributed by atoms with Gasteiger partial charge in [0.25, 0.3) is 5.91 Å². The van der Waals surface area contributed by atoms with E-state index in [0.717, 1.165) is 5.56 Å². The molecule has 1 N–H and O–H groups in total. The van der Waals surface area contributed by atoms with Crippen LogP contribution in [0.4, 0.5) is 6.01 Å². The minimum atomic E-state index is -0.719. The van der Waals surface area contributed by atoms with Crippen molar-refractivity contribution in [2.24, 2.45) is 0 Å². The van der Waals surface area contributed by atoms with Gasteiger partial charge in [0.15, 0.2) is 13.2 Å². The van der Waals surface area contributed by atoms with E-state index in [4.69, 9.17) is 25.5 Å². The van der Waals surface area contributed by atoms with Crippen LogP contribution in [-0.4, -0.2) is 35.3 Å². The molecule has 0 unspecified atom stereocenters. The maximum atomic E-state index is 11.9. The molecule has 1 amide bonds. The first-order chi connectivity index (χ1) is 13.5. The second-order valence-electron chi connectivity index (χ2n) is 5.71. The average Bonchev–Trinajstić information content (AvgIpc) is 3.16. The molecule has 1 heterocycles. The summed E-state index contributed by atoms with van der Waals surface area (Å²) < 4.78 is 15.5. The lowest BCUT2D eigenvalue weighted by atomic mass is 10.2. The zero-order chi connectivity index (χ0) is 19.9. The van der Waals surface area contributed by atoms with Gasteiger partial charge in [-0.25, -0.2) is 4.79 Å². The largest absolute Gasteiger partial charge is 0.480 e. The van der Waals surface area contributed by atoms with E-state index >= 15 is 0 Å². The lowest BCUT2D eigenvalue weighted by molar-refractivity contribution is -0.149. The van der Waals surface area contributed by atoms with Crippen molar-refractivity contribution in [1.29, 1.82) is 0 Å². The minimum absolute atomic E-state index is 0.0947. The van der Waals surface area contributed by atoms with Crippen molar-refractivity contribution in [2.75, 3.05) is 18.5 Å². The fourth-order valence-electron chi connectivity index (χ4n) is 2.17. The zero-order valence-corrected chi connectivity index (χ0v) is 15.6. The van der Waals surface area contributed by atoms with E-state index in [1.54, 1.807) is 24.3 Å². The Morgan fingerprint density at radius 3 is 2.68 bits per heavy atom. The first kappa shape index (κ1) is 19.4. The summed E-state index contributed by atoms with van der Waals surface area (Å²) in [5, 5.41) is 10.3. The maximum Gasteiger partial charge on any atom is 0.344 e. The molecule has 144 valence electrons. The Balaban J connectivity index is 1.45. The van der Waals surface area contributed by atoms with Crippen molar-refractivity contribution in [3.63, 3.8) is 0 Å². The molecule has 9 heteroatoms. The van der Waals surface area contributed by atoms with Gasteiger partial charge >= 0.3 is 12.0 Å². The number of hydrogen-bond donors (Lipinski definition) is 1. The molecule has 0 bridgehead atoms. The summed E-state index contributed by atoms with van der Waals surface area (Å²) in [5.74, 6) is -0.716. The van der Waals surface area contributed by atoms with E-state index in [9.17, 15) is 9.59 Å². The molecule has 8 nitrogen and oxygen atoms in total. The fourth-order valence-corrected chi connectivity index (χ4v) is 2.34. The Bertz CT molecular complexity index is 975. The first-order valence-corrected chi connectivity index (χ1v) is 8.62. The highest BCUT2D eigenvalue weighted by Crippen LogP contribution is 2.25. The first-order valence-electron chi connectivity index (χ1n) is 8.24. The Labute approximate surface area is 165 Å². The molecule has 0 fully saturated rings. The SMILES string of the molecule is Cc1ccc(Cl)c(OCC(=O)OCC(=O)Nc2nnc(-c3ccccc3)o2)c1. The van der Waals surface area contributed by atoms with Crippen molar-refractivity contribution < 1.29 is 23.5 Å². The maximum absolute atomic E-state index is 11.9. The van der Waals surface area contributed by atoms with E-state index in [1.165, 1.54) is 0 Å². The molecule has 0 aliphatic heterocycles. The summed E-state index contributed by atoms with van der Waals surface area (Å²) in [7, 11) is 0. The van der Waals surface area contributed by atoms with Gasteiger partial charge in [-0.15, -0.1) is 5.10 Å². The summed E-state index contributed by atoms with van der Waals surface area (Å²) in [5.41, 5.74) is 1.65. The van der Waals surface area contributed by atoms with Crippen LogP contribution in [0, 0.1) is 6.92 Å². The molecule has 0 saturated heterocycles. The van der Waals surface area contributed by atoms with E-state index in [0.29, 0.717) is 16.3 Å². The molecule has 0 saturated carbocycles. The Morgan fingerprint density at radius 2 is 1.89 bits per heavy atom. The number of rotatable bonds is 7. The van der Waals surface area contributed by atoms with Crippen LogP contribution >= 0.6 is 11.6 Å². The lowest BCUT2D eigenvalue weighted by Crippen LogP contribution is -2.23. The van der Waals surface area contributed by atoms with Crippen LogP contribution in [0.2, 0.25) is 5.02 Å². The van der Waals surface area contributed by atoms with E-state index in [-0.39, 0.29) is 18.5 Å². The highest BCUT2D eigenvalue weighted by atomic mass is 35.5. The zero-order valence-electron chi connectivity index (χ0n) is 14.8. The number of carbonyl (C=O) groups is 2. The number of amides is 1. The number of ether oxygens (including phenoxy) is 2. The molecule has 28 heavy (non-hydrogen) atoms. The summed E-state index contributed by atoms with van der Waals surface area (Å²) in [4.78, 5) is 23.6. The molecule has 1 aromatic heterocycles. The van der Waals surface area contributed by atoms with Gasteiger partial charge in [0.2, 0.25) is 5.89 Å². The van der Waals surface area contributed by atoms with Gasteiger partial charge in [-0.1, -0.05) is 41.0 Å². The number of esters is 1. The van der Waals surface area contributed by atoms with Crippen LogP contribution in [-0.2, 0) is 14.3 Å². The third kappa shape index (κ3) is 5.31. The lowest BCUT2D eigenvalue weighted by Gasteiger charge is -2.08. The summed E-state index contributed by atoms with van der Waals surface area (Å²) in [6, 6.07) is 14.2. The molecule has 0 aliphatic carbocycles. The van der Waals surface area contributed by atoms with Crippen molar-refractivity contribution in [3.8, 4) is 17.2 Å². The van der Waals surface area contributed by atoms with E-state index in [1.807, 2.05) is 31.2 Å². The topological polar surface area (TPSA) is 104 Å². The number of hydrogen-bond acceptors (Lipinski definition) is 7. The van der Waals surface area contributed by atoms with E-state index < -0.39 is 18.5 Å². The molecule has 2 aromatic carbocycles. The van der Waals surface area contributed by atoms with Gasteiger partial charge in [0, 0.05) is 5.56 Å². The van der Waals surface area contributed by atoms with Gasteiger partial charge in [-0.3, -0.25) is 10.1 Å². The van der Waals surface area contributed by atoms with Crippen molar-refractivity contribution in [2.45, 2.75) is 6.92 Å². The number of nitrogens with zero attached hydrogens (tertiary/aromatic N) is 2. The standard InChI is InChI=1S/C19H16ClN3O5/c1-12-7-8-14(20)15(9-12)26-11-17(25)27-10-16(24)21-19-23-22-18(28-19)13-5-3-2-4-6-13/h2-9H,10-11H2,1H3,(H,21,23,24). The summed E-state index contributed by atoms with van der Waals surface area (Å²) in [6.45, 7) is 0.967. The highest BCUT2D eigenvalue weighted by Gasteiger charge is 2.14. The smallest absolute Gasteiger partial charge is 0.344 e. The molecule has 3 rings (SSSR count). The number of carbonyl (C=O) groups excluding carboxylic acids is 2. The molecule has 0 aliphatic rings. The van der Waals surface area contributed by atoms with Crippen LogP contribution in [0.3, 0.4) is 0 Å². The number of benzene rings is 2. The number of nitrogens with one attached hydrogen (secondary N) is 1. The highest BCUT2D eigenvalue weighted by molar-refractivity contribution is 6.32. The van der Waals surface area contributed by atoms with Crippen LogP contribution in [0.1, 0.15) is 5.56 Å². The number of aromatic nitrogens is 2. The predicted octanol–water partition coefficient (Wildman–Crippen LogP) is 3.26. The van der Waals surface area contributed by atoms with Crippen LogP contribution in [0.5, 0.6) is 5.75 Å². The van der Waals surface area contributed by atoms with E-state index in [2.05, 4.69) is 15.5 Å². The molecular weight excluding hydrogens is 386 g/mol. The van der Waals surface area contributed by atoms with Gasteiger partial charge < -0.3 is 13.9 Å². The summed E-state index contributed by atoms with van der Waals surface area (Å²) >= 11 is 5.98. The van der Waals surface area contributed by atoms with Gasteiger partial charge in [0.1, 0.15) is 5.75 Å². The normalized spacial score (nSPS) is 10.4. The second kappa shape index (κ2) is 9.01. The van der Waals surface area contributed by atoms with Gasteiger partial charge in [-0.2, -0.15) is 0 Å². The third-order valence-electron chi connectivity index (χ3n) is 3.49. The van der Waals surface area contributed by atoms with Crippen molar-refractivity contribution in [3.05, 3.63) is 59.1 Å². The quantitative estimate of drug-likeness (QED) is 0.606. The Hall–Kier alpha value is -3.39. The molecule has 3 aromatic rings. The Kier molecular flexibility index (Phi) is 6.23. The number of halogens is 1.